The average molecular weight is 350 g/mol. The Morgan fingerprint density at radius 2 is 1.83 bits per heavy atom. The summed E-state index contributed by atoms with van der Waals surface area (Å²) in [6.07, 6.45) is -1.81. The first-order valence-corrected chi connectivity index (χ1v) is 8.86. The van der Waals surface area contributed by atoms with Crippen molar-refractivity contribution in [3.05, 3.63) is 29.8 Å². The summed E-state index contributed by atoms with van der Waals surface area (Å²) in [5.41, 5.74) is -0.562. The fourth-order valence-electron chi connectivity index (χ4n) is 2.16. The van der Waals surface area contributed by atoms with Crippen LogP contribution in [0, 0.1) is 0 Å². The van der Waals surface area contributed by atoms with E-state index >= 15 is 0 Å². The van der Waals surface area contributed by atoms with Gasteiger partial charge in [-0.3, -0.25) is 4.79 Å². The highest BCUT2D eigenvalue weighted by molar-refractivity contribution is 7.88. The molecule has 1 aromatic carbocycles. The van der Waals surface area contributed by atoms with E-state index in [1.165, 1.54) is 4.31 Å². The van der Waals surface area contributed by atoms with Gasteiger partial charge >= 0.3 is 6.18 Å². The SMILES string of the molecule is CS(=O)(=O)N(CCC(=O)Nc1ccc(C(F)(F)F)cc1)C1CC1. The molecule has 0 spiro atoms. The van der Waals surface area contributed by atoms with Crippen LogP contribution in [0.5, 0.6) is 0 Å². The summed E-state index contributed by atoms with van der Waals surface area (Å²) in [5.74, 6) is -0.445. The second-order valence-corrected chi connectivity index (χ2v) is 7.41. The predicted octanol–water partition coefficient (Wildman–Crippen LogP) is 2.46. The molecule has 1 aromatic rings. The number of alkyl halides is 3. The largest absolute Gasteiger partial charge is 0.416 e. The molecule has 1 aliphatic carbocycles. The van der Waals surface area contributed by atoms with Gasteiger partial charge in [0.1, 0.15) is 0 Å². The number of carbonyl (C=O) groups is 1. The van der Waals surface area contributed by atoms with Crippen LogP contribution in [0.3, 0.4) is 0 Å². The standard InChI is InChI=1S/C14H17F3N2O3S/c1-23(21,22)19(12-6-7-12)9-8-13(20)18-11-4-2-10(3-5-11)14(15,16)17/h2-5,12H,6-9H2,1H3,(H,18,20). The van der Waals surface area contributed by atoms with Crippen LogP contribution in [-0.2, 0) is 21.0 Å². The molecule has 0 saturated heterocycles. The second-order valence-electron chi connectivity index (χ2n) is 5.48. The minimum Gasteiger partial charge on any atom is -0.326 e. The van der Waals surface area contributed by atoms with E-state index in [0.717, 1.165) is 43.4 Å². The van der Waals surface area contributed by atoms with E-state index in [1.54, 1.807) is 0 Å². The zero-order chi connectivity index (χ0) is 17.3. The lowest BCUT2D eigenvalue weighted by atomic mass is 10.2. The van der Waals surface area contributed by atoms with Crippen LogP contribution in [-0.4, -0.2) is 37.5 Å². The van der Waals surface area contributed by atoms with Crippen LogP contribution in [0.25, 0.3) is 0 Å². The molecular formula is C14H17F3N2O3S. The Morgan fingerprint density at radius 1 is 1.26 bits per heavy atom. The number of rotatable bonds is 6. The fourth-order valence-corrected chi connectivity index (χ4v) is 3.33. The van der Waals surface area contributed by atoms with E-state index in [0.29, 0.717) is 0 Å². The number of carbonyl (C=O) groups excluding carboxylic acids is 1. The van der Waals surface area contributed by atoms with Crippen molar-refractivity contribution in [2.75, 3.05) is 18.1 Å². The zero-order valence-corrected chi connectivity index (χ0v) is 13.2. The van der Waals surface area contributed by atoms with Crippen LogP contribution >= 0.6 is 0 Å². The van der Waals surface area contributed by atoms with Crippen molar-refractivity contribution in [3.63, 3.8) is 0 Å². The first kappa shape index (κ1) is 17.7. The number of sulfonamides is 1. The van der Waals surface area contributed by atoms with Gasteiger partial charge in [-0.1, -0.05) is 0 Å². The molecule has 23 heavy (non-hydrogen) atoms. The van der Waals surface area contributed by atoms with Gasteiger partial charge in [-0.15, -0.1) is 0 Å². The zero-order valence-electron chi connectivity index (χ0n) is 12.4. The third-order valence-corrected chi connectivity index (χ3v) is 4.77. The Balaban J connectivity index is 1.89. The summed E-state index contributed by atoms with van der Waals surface area (Å²) in [7, 11) is -3.36. The third kappa shape index (κ3) is 5.21. The molecule has 2 rings (SSSR count). The van der Waals surface area contributed by atoms with Gasteiger partial charge in [0, 0.05) is 24.7 Å². The molecule has 1 aliphatic rings. The summed E-state index contributed by atoms with van der Waals surface area (Å²) in [6.45, 7) is 0.0654. The van der Waals surface area contributed by atoms with Gasteiger partial charge in [-0.2, -0.15) is 17.5 Å². The number of amides is 1. The number of hydrogen-bond acceptors (Lipinski definition) is 3. The van der Waals surface area contributed by atoms with Crippen molar-refractivity contribution in [1.82, 2.24) is 4.31 Å². The second kappa shape index (κ2) is 6.48. The molecule has 128 valence electrons. The van der Waals surface area contributed by atoms with Crippen molar-refractivity contribution in [3.8, 4) is 0 Å². The summed E-state index contributed by atoms with van der Waals surface area (Å²) < 4.78 is 61.8. The van der Waals surface area contributed by atoms with Crippen LogP contribution in [0.15, 0.2) is 24.3 Å². The summed E-state index contributed by atoms with van der Waals surface area (Å²) in [4.78, 5) is 11.8. The van der Waals surface area contributed by atoms with Crippen LogP contribution < -0.4 is 5.32 Å². The topological polar surface area (TPSA) is 66.5 Å². The van der Waals surface area contributed by atoms with E-state index < -0.39 is 27.7 Å². The number of benzene rings is 1. The van der Waals surface area contributed by atoms with Crippen molar-refractivity contribution >= 4 is 21.6 Å². The molecule has 5 nitrogen and oxygen atoms in total. The maximum Gasteiger partial charge on any atom is 0.416 e. The molecule has 1 saturated carbocycles. The van der Waals surface area contributed by atoms with Gasteiger partial charge in [-0.05, 0) is 37.1 Å². The van der Waals surface area contributed by atoms with Crippen LogP contribution in [0.4, 0.5) is 18.9 Å². The smallest absolute Gasteiger partial charge is 0.326 e. The van der Waals surface area contributed by atoms with Crippen LogP contribution in [0.2, 0.25) is 0 Å². The Bertz CT molecular complexity index is 668. The molecule has 0 aliphatic heterocycles. The molecule has 0 unspecified atom stereocenters. The molecule has 0 radical (unpaired) electrons. The maximum atomic E-state index is 12.4. The average Bonchev–Trinajstić information content (AvgIpc) is 3.21. The van der Waals surface area contributed by atoms with E-state index in [2.05, 4.69) is 5.32 Å². The Hall–Kier alpha value is -1.61. The molecule has 1 amide bonds. The maximum absolute atomic E-state index is 12.4. The van der Waals surface area contributed by atoms with Crippen molar-refractivity contribution in [2.24, 2.45) is 0 Å². The van der Waals surface area contributed by atoms with E-state index in [-0.39, 0.29) is 24.7 Å². The van der Waals surface area contributed by atoms with E-state index in [9.17, 15) is 26.4 Å². The minimum absolute atomic E-state index is 0.0381. The predicted molar refractivity (Wildman–Crippen MR) is 79.3 cm³/mol. The lowest BCUT2D eigenvalue weighted by molar-refractivity contribution is -0.137. The molecule has 0 heterocycles. The summed E-state index contributed by atoms with van der Waals surface area (Å²) in [6, 6.07) is 4.04. The van der Waals surface area contributed by atoms with Gasteiger partial charge in [0.25, 0.3) is 0 Å². The van der Waals surface area contributed by atoms with Gasteiger partial charge in [-0.25, -0.2) is 8.42 Å². The molecule has 0 atom stereocenters. The number of anilines is 1. The van der Waals surface area contributed by atoms with Gasteiger partial charge in [0.2, 0.25) is 15.9 Å². The fraction of sp³-hybridized carbons (Fsp3) is 0.500. The quantitative estimate of drug-likeness (QED) is 0.857. The van der Waals surface area contributed by atoms with Gasteiger partial charge in [0.15, 0.2) is 0 Å². The molecular weight excluding hydrogens is 333 g/mol. The third-order valence-electron chi connectivity index (χ3n) is 3.44. The Labute approximate surface area is 132 Å². The highest BCUT2D eigenvalue weighted by Crippen LogP contribution is 2.30. The molecule has 0 aromatic heterocycles. The first-order valence-electron chi connectivity index (χ1n) is 7.01. The lowest BCUT2D eigenvalue weighted by Crippen LogP contribution is -2.34. The summed E-state index contributed by atoms with van der Waals surface area (Å²) in [5, 5.41) is 2.46. The summed E-state index contributed by atoms with van der Waals surface area (Å²) >= 11 is 0. The van der Waals surface area contributed by atoms with E-state index in [4.69, 9.17) is 0 Å². The minimum atomic E-state index is -4.43. The van der Waals surface area contributed by atoms with Gasteiger partial charge < -0.3 is 5.32 Å². The normalized spacial score (nSPS) is 15.7. The van der Waals surface area contributed by atoms with Crippen molar-refractivity contribution in [2.45, 2.75) is 31.5 Å². The highest BCUT2D eigenvalue weighted by atomic mass is 32.2. The Kier molecular flexibility index (Phi) is 5.00. The molecule has 1 fully saturated rings. The molecule has 0 bridgehead atoms. The first-order chi connectivity index (χ1) is 10.6. The van der Waals surface area contributed by atoms with E-state index in [1.807, 2.05) is 0 Å². The molecule has 1 N–H and O–H groups in total. The lowest BCUT2D eigenvalue weighted by Gasteiger charge is -2.18. The Morgan fingerprint density at radius 3 is 2.26 bits per heavy atom. The van der Waals surface area contributed by atoms with Gasteiger partial charge in [0.05, 0.1) is 11.8 Å². The number of nitrogens with one attached hydrogen (secondary N) is 1. The number of nitrogens with zero attached hydrogens (tertiary/aromatic N) is 1. The van der Waals surface area contributed by atoms with Crippen molar-refractivity contribution < 1.29 is 26.4 Å². The molecule has 9 heteroatoms. The van der Waals surface area contributed by atoms with Crippen LogP contribution in [0.1, 0.15) is 24.8 Å². The monoisotopic (exact) mass is 350 g/mol. The van der Waals surface area contributed by atoms with Crippen molar-refractivity contribution in [1.29, 1.82) is 0 Å². The number of hydrogen-bond donors (Lipinski definition) is 1. The highest BCUT2D eigenvalue weighted by Gasteiger charge is 2.35. The number of halogens is 3.